The van der Waals surface area contributed by atoms with E-state index < -0.39 is 0 Å². The van der Waals surface area contributed by atoms with E-state index in [0.29, 0.717) is 38.6 Å². The monoisotopic (exact) mass is 417 g/mol. The molecule has 2 aromatic heterocycles. The summed E-state index contributed by atoms with van der Waals surface area (Å²) in [5.74, 6) is 1.30. The highest BCUT2D eigenvalue weighted by Gasteiger charge is 2.17. The maximum absolute atomic E-state index is 12.0. The molecule has 4 rings (SSSR count). The lowest BCUT2D eigenvalue weighted by atomic mass is 10.2. The SMILES string of the molecule is C.C.COc1ccc2c(c1)[n+](=O)c(C)c(C)n2C.COc1ccc2no[n+]([O-])c2c1. The van der Waals surface area contributed by atoms with Gasteiger partial charge in [0.25, 0.3) is 11.2 Å². The molecule has 0 amide bonds. The normalized spacial score (nSPS) is 9.90. The first kappa shape index (κ1) is 24.4. The highest BCUT2D eigenvalue weighted by atomic mass is 16.8. The number of hydrogen-bond donors (Lipinski definition) is 0. The quantitative estimate of drug-likeness (QED) is 0.366. The largest absolute Gasteiger partial charge is 0.497 e. The van der Waals surface area contributed by atoms with E-state index in [0.717, 1.165) is 15.6 Å². The number of fused-ring (bicyclic) bond motifs is 2. The molecule has 0 bridgehead atoms. The van der Waals surface area contributed by atoms with E-state index in [9.17, 15) is 10.1 Å². The number of methoxy groups -OCH3 is 2. The lowest BCUT2D eigenvalue weighted by Crippen LogP contribution is -2.24. The van der Waals surface area contributed by atoms with Crippen molar-refractivity contribution in [2.24, 2.45) is 7.05 Å². The van der Waals surface area contributed by atoms with Crippen LogP contribution in [-0.2, 0) is 7.05 Å². The third-order valence-corrected chi connectivity index (χ3v) is 4.69. The first-order chi connectivity index (χ1) is 13.4. The van der Waals surface area contributed by atoms with Crippen molar-refractivity contribution in [3.63, 3.8) is 0 Å². The van der Waals surface area contributed by atoms with E-state index in [-0.39, 0.29) is 14.9 Å². The Morgan fingerprint density at radius 2 is 1.57 bits per heavy atom. The predicted molar refractivity (Wildman–Crippen MR) is 115 cm³/mol. The first-order valence-electron chi connectivity index (χ1n) is 8.47. The van der Waals surface area contributed by atoms with Crippen molar-refractivity contribution >= 4 is 22.1 Å². The molecule has 4 aromatic rings. The highest BCUT2D eigenvalue weighted by Crippen LogP contribution is 2.19. The average molecular weight is 417 g/mol. The Bertz CT molecular complexity index is 1210. The first-order valence-corrected chi connectivity index (χ1v) is 8.47. The zero-order valence-corrected chi connectivity index (χ0v) is 16.3. The van der Waals surface area contributed by atoms with Crippen LogP contribution >= 0.6 is 0 Å². The Hall–Kier alpha value is -3.62. The van der Waals surface area contributed by atoms with Crippen LogP contribution in [0.2, 0.25) is 0 Å². The third-order valence-electron chi connectivity index (χ3n) is 4.69. The minimum Gasteiger partial charge on any atom is -0.497 e. The van der Waals surface area contributed by atoms with Gasteiger partial charge in [0.15, 0.2) is 0 Å². The minimum atomic E-state index is 0. The van der Waals surface area contributed by atoms with Crippen molar-refractivity contribution in [1.82, 2.24) is 9.72 Å². The van der Waals surface area contributed by atoms with Gasteiger partial charge in [0.1, 0.15) is 17.0 Å². The maximum atomic E-state index is 12.0. The predicted octanol–water partition coefficient (Wildman–Crippen LogP) is 3.46. The van der Waals surface area contributed by atoms with Crippen molar-refractivity contribution in [1.29, 1.82) is 0 Å². The molecular formula is C21H29N4O5+. The molecular weight excluding hydrogens is 388 g/mol. The standard InChI is InChI=1S/C12H15N2O2.C7H6N2O3.2CH4/c1-8-9(2)14(15)12-7-10(16-4)5-6-11(12)13(8)3;1-11-5-2-3-6-7(4-5)9(10)12-8-6;;/h5-7H,1-4H3;2-4H,1H3;2*1H4/q+1;;;. The summed E-state index contributed by atoms with van der Waals surface area (Å²) < 4.78 is 17.4. The van der Waals surface area contributed by atoms with Crippen molar-refractivity contribution in [2.75, 3.05) is 14.2 Å². The number of rotatable bonds is 2. The number of aromatic nitrogens is 4. The summed E-state index contributed by atoms with van der Waals surface area (Å²) in [6, 6.07) is 10.5. The molecule has 0 aliphatic heterocycles. The summed E-state index contributed by atoms with van der Waals surface area (Å²) >= 11 is 0. The molecule has 30 heavy (non-hydrogen) atoms. The van der Waals surface area contributed by atoms with E-state index in [1.807, 2.05) is 37.6 Å². The third kappa shape index (κ3) is 4.35. The second-order valence-corrected chi connectivity index (χ2v) is 6.16. The lowest BCUT2D eigenvalue weighted by Gasteiger charge is -2.06. The molecule has 0 aliphatic carbocycles. The summed E-state index contributed by atoms with van der Waals surface area (Å²) in [7, 11) is 5.08. The lowest BCUT2D eigenvalue weighted by molar-refractivity contribution is -0.782. The van der Waals surface area contributed by atoms with Crippen LogP contribution in [0.5, 0.6) is 11.5 Å². The molecule has 9 heteroatoms. The zero-order chi connectivity index (χ0) is 20.4. The van der Waals surface area contributed by atoms with Gasteiger partial charge in [0.05, 0.1) is 30.4 Å². The summed E-state index contributed by atoms with van der Waals surface area (Å²) in [4.78, 5) is 12.4. The van der Waals surface area contributed by atoms with Crippen LogP contribution in [-0.4, -0.2) is 23.9 Å². The van der Waals surface area contributed by atoms with Crippen LogP contribution < -0.4 is 18.8 Å². The number of hydrogen-bond acceptors (Lipinski definition) is 6. The maximum Gasteiger partial charge on any atom is 0.290 e. The number of benzene rings is 2. The van der Waals surface area contributed by atoms with Gasteiger partial charge >= 0.3 is 0 Å². The fourth-order valence-electron chi connectivity index (χ4n) is 2.81. The highest BCUT2D eigenvalue weighted by molar-refractivity contribution is 5.74. The van der Waals surface area contributed by atoms with E-state index in [1.54, 1.807) is 31.4 Å². The molecule has 2 heterocycles. The van der Waals surface area contributed by atoms with E-state index in [1.165, 1.54) is 7.11 Å². The molecule has 0 spiro atoms. The second kappa shape index (κ2) is 9.73. The number of aryl methyl sites for hydroxylation is 1. The van der Waals surface area contributed by atoms with Crippen LogP contribution in [0.3, 0.4) is 0 Å². The number of nitrogens with zero attached hydrogens (tertiary/aromatic N) is 4. The fourth-order valence-corrected chi connectivity index (χ4v) is 2.81. The van der Waals surface area contributed by atoms with Crippen molar-refractivity contribution < 1.29 is 23.4 Å². The van der Waals surface area contributed by atoms with Crippen molar-refractivity contribution in [3.8, 4) is 11.5 Å². The van der Waals surface area contributed by atoms with E-state index in [2.05, 4.69) is 9.79 Å². The summed E-state index contributed by atoms with van der Waals surface area (Å²) in [5.41, 5.74) is 4.10. The van der Waals surface area contributed by atoms with Crippen LogP contribution in [0, 0.1) is 24.0 Å². The van der Waals surface area contributed by atoms with E-state index in [4.69, 9.17) is 9.47 Å². The summed E-state index contributed by atoms with van der Waals surface area (Å²) in [6.45, 7) is 3.76. The van der Waals surface area contributed by atoms with Gasteiger partial charge in [-0.05, 0) is 36.1 Å². The second-order valence-electron chi connectivity index (χ2n) is 6.16. The minimum absolute atomic E-state index is 0. The van der Waals surface area contributed by atoms with Gasteiger partial charge in [-0.1, -0.05) is 14.9 Å². The number of ether oxygens (including phenoxy) is 2. The van der Waals surface area contributed by atoms with Gasteiger partial charge in [-0.2, -0.15) is 0 Å². The fraction of sp³-hybridized carbons (Fsp3) is 0.333. The van der Waals surface area contributed by atoms with Gasteiger partial charge in [0, 0.05) is 30.1 Å². The molecule has 0 N–H and O–H groups in total. The molecule has 0 aliphatic rings. The Morgan fingerprint density at radius 3 is 2.17 bits per heavy atom. The van der Waals surface area contributed by atoms with Crippen LogP contribution in [0.1, 0.15) is 26.2 Å². The summed E-state index contributed by atoms with van der Waals surface area (Å²) in [6.07, 6.45) is 0. The van der Waals surface area contributed by atoms with Crippen molar-refractivity contribution in [2.45, 2.75) is 28.7 Å². The smallest absolute Gasteiger partial charge is 0.290 e. The molecule has 0 atom stereocenters. The summed E-state index contributed by atoms with van der Waals surface area (Å²) in [5, 5.41) is 14.4. The van der Waals surface area contributed by atoms with Crippen LogP contribution in [0.4, 0.5) is 0 Å². The molecule has 0 radical (unpaired) electrons. The molecule has 0 unspecified atom stereocenters. The Morgan fingerprint density at radius 1 is 1.00 bits per heavy atom. The van der Waals surface area contributed by atoms with Crippen LogP contribution in [0.25, 0.3) is 22.1 Å². The molecule has 0 saturated heterocycles. The van der Waals surface area contributed by atoms with Gasteiger partial charge in [-0.15, -0.1) is 0 Å². The Kier molecular flexibility index (Phi) is 7.92. The topological polar surface area (TPSA) is 99.3 Å². The van der Waals surface area contributed by atoms with Gasteiger partial charge in [-0.25, -0.2) is 0 Å². The molecule has 162 valence electrons. The Labute approximate surface area is 175 Å². The van der Waals surface area contributed by atoms with Gasteiger partial charge < -0.3 is 19.2 Å². The van der Waals surface area contributed by atoms with E-state index >= 15 is 0 Å². The molecule has 0 fully saturated rings. The van der Waals surface area contributed by atoms with Gasteiger partial charge in [-0.3, -0.25) is 4.63 Å². The molecule has 9 nitrogen and oxygen atoms in total. The van der Waals surface area contributed by atoms with Crippen molar-refractivity contribution in [3.05, 3.63) is 57.9 Å². The van der Waals surface area contributed by atoms with Gasteiger partial charge in [0.2, 0.25) is 11.0 Å². The molecule has 0 saturated carbocycles. The average Bonchev–Trinajstić information content (AvgIpc) is 3.10. The Balaban J connectivity index is 0.000000290. The van der Waals surface area contributed by atoms with Crippen LogP contribution in [0.15, 0.2) is 41.0 Å². The zero-order valence-electron chi connectivity index (χ0n) is 16.3. The molecule has 2 aromatic carbocycles.